The largest absolute Gasteiger partial charge is 0.311 e. The minimum Gasteiger partial charge on any atom is -0.311 e. The number of fused-ring (bicyclic) bond motifs is 5. The fourth-order valence-corrected chi connectivity index (χ4v) is 13.1. The quantitative estimate of drug-likeness (QED) is 0.147. The third-order valence-corrected chi connectivity index (χ3v) is 18.6. The first-order chi connectivity index (χ1) is 36.1. The Hall–Kier alpha value is -6.58. The Morgan fingerprint density at radius 1 is 0.351 bits per heavy atom. The number of benzene rings is 8. The highest BCUT2D eigenvalue weighted by Gasteiger charge is 2.48. The van der Waals surface area contributed by atoms with Gasteiger partial charge in [0.1, 0.15) is 0 Å². The van der Waals surface area contributed by atoms with Crippen molar-refractivity contribution < 1.29 is 0 Å². The van der Waals surface area contributed by atoms with Gasteiger partial charge >= 0.3 is 0 Å². The molecular formula is C74H83BN2. The monoisotopic (exact) mass is 1010 g/mol. The van der Waals surface area contributed by atoms with Crippen molar-refractivity contribution in [1.29, 1.82) is 0 Å². The average molecular weight is 1010 g/mol. The summed E-state index contributed by atoms with van der Waals surface area (Å²) in [6.45, 7) is 40.7. The summed E-state index contributed by atoms with van der Waals surface area (Å²) < 4.78 is 0. The third kappa shape index (κ3) is 8.89. The summed E-state index contributed by atoms with van der Waals surface area (Å²) in [5.74, 6) is 0. The van der Waals surface area contributed by atoms with E-state index in [0.29, 0.717) is 0 Å². The van der Waals surface area contributed by atoms with E-state index in [1.165, 1.54) is 112 Å². The van der Waals surface area contributed by atoms with Crippen molar-refractivity contribution in [2.45, 2.75) is 168 Å². The molecule has 2 nitrogen and oxygen atoms in total. The molecule has 0 aromatic heterocycles. The van der Waals surface area contributed by atoms with Gasteiger partial charge in [0.05, 0.1) is 5.69 Å². The van der Waals surface area contributed by atoms with Crippen molar-refractivity contribution in [2.75, 3.05) is 9.80 Å². The van der Waals surface area contributed by atoms with Crippen LogP contribution in [0.15, 0.2) is 170 Å². The van der Waals surface area contributed by atoms with Gasteiger partial charge in [-0.05, 0) is 160 Å². The van der Waals surface area contributed by atoms with Crippen molar-refractivity contribution in [3.05, 3.63) is 220 Å². The van der Waals surface area contributed by atoms with Gasteiger partial charge in [0.15, 0.2) is 0 Å². The maximum absolute atomic E-state index is 2.72. The van der Waals surface area contributed by atoms with Crippen molar-refractivity contribution >= 4 is 57.2 Å². The van der Waals surface area contributed by atoms with Gasteiger partial charge in [0, 0.05) is 44.8 Å². The topological polar surface area (TPSA) is 6.48 Å². The fourth-order valence-electron chi connectivity index (χ4n) is 13.1. The first-order valence-electron chi connectivity index (χ1n) is 28.7. The maximum atomic E-state index is 2.72. The van der Waals surface area contributed by atoms with Gasteiger partial charge < -0.3 is 9.80 Å². The van der Waals surface area contributed by atoms with E-state index < -0.39 is 0 Å². The van der Waals surface area contributed by atoms with Gasteiger partial charge in [0.2, 0.25) is 0 Å². The normalized spacial score (nSPS) is 15.9. The summed E-state index contributed by atoms with van der Waals surface area (Å²) >= 11 is 0. The summed E-state index contributed by atoms with van der Waals surface area (Å²) in [6, 6.07) is 66.5. The molecule has 0 unspecified atom stereocenters. The number of anilines is 6. The number of rotatable bonds is 7. The van der Waals surface area contributed by atoms with E-state index in [9.17, 15) is 0 Å². The molecule has 0 radical (unpaired) electrons. The molecule has 0 bridgehead atoms. The first-order valence-corrected chi connectivity index (χ1v) is 28.7. The minimum atomic E-state index is -0.255. The molecule has 3 heteroatoms. The van der Waals surface area contributed by atoms with E-state index in [1.54, 1.807) is 0 Å². The Kier molecular flexibility index (Phi) is 12.3. The first kappa shape index (κ1) is 52.5. The molecule has 0 spiro atoms. The molecule has 0 atom stereocenters. The molecule has 1 aliphatic carbocycles. The summed E-state index contributed by atoms with van der Waals surface area (Å²) in [6.07, 6.45) is 2.30. The predicted molar refractivity (Wildman–Crippen MR) is 334 cm³/mol. The molecule has 392 valence electrons. The Bertz CT molecular complexity index is 3570. The van der Waals surface area contributed by atoms with Gasteiger partial charge in [0.25, 0.3) is 6.71 Å². The Balaban J connectivity index is 1.28. The van der Waals surface area contributed by atoms with Gasteiger partial charge in [-0.2, -0.15) is 0 Å². The van der Waals surface area contributed by atoms with Crippen LogP contribution in [0.5, 0.6) is 0 Å². The molecule has 77 heavy (non-hydrogen) atoms. The van der Waals surface area contributed by atoms with Crippen molar-refractivity contribution in [3.63, 3.8) is 0 Å². The van der Waals surface area contributed by atoms with Crippen LogP contribution in [0.1, 0.15) is 181 Å². The number of nitrogens with zero attached hydrogens (tertiary/aromatic N) is 2. The molecule has 2 aliphatic heterocycles. The standard InChI is InChI=1S/C74H83BN2/c1-68(2,3)49-33-31-48(32-34-49)57-42-52(69(4,5)6)36-38-62(57)77-64-47-59-58(71(10,11)39-40-72(59,12)13)46-61(64)75-60-37-35-54(74(16,17)51-27-22-19-23-28-51)43-63(60)76(65-44-55(70(7,8)9)45-66(77)67(65)75)56-30-24-29-53(41-56)73(14,15)50-25-20-18-21-26-50/h18-38,41-47H,39-40H2,1-17H3. The highest BCUT2D eigenvalue weighted by atomic mass is 15.2. The molecule has 3 aliphatic rings. The zero-order valence-electron chi connectivity index (χ0n) is 49.6. The fraction of sp³-hybridized carbons (Fsp3) is 0.351. The van der Waals surface area contributed by atoms with Crippen LogP contribution in [-0.2, 0) is 37.9 Å². The highest BCUT2D eigenvalue weighted by Crippen LogP contribution is 2.53. The second-order valence-electron chi connectivity index (χ2n) is 28.6. The van der Waals surface area contributed by atoms with Crippen LogP contribution < -0.4 is 26.2 Å². The summed E-state index contributed by atoms with van der Waals surface area (Å²) in [4.78, 5) is 5.39. The summed E-state index contributed by atoms with van der Waals surface area (Å²) in [7, 11) is 0. The molecule has 8 aromatic rings. The molecule has 2 heterocycles. The number of hydrogen-bond donors (Lipinski definition) is 0. The van der Waals surface area contributed by atoms with E-state index in [1.807, 2.05) is 0 Å². The van der Waals surface area contributed by atoms with Crippen LogP contribution in [0.2, 0.25) is 0 Å². The van der Waals surface area contributed by atoms with Crippen LogP contribution in [-0.4, -0.2) is 6.71 Å². The lowest BCUT2D eigenvalue weighted by Crippen LogP contribution is -2.62. The van der Waals surface area contributed by atoms with Crippen LogP contribution in [0.4, 0.5) is 34.1 Å². The van der Waals surface area contributed by atoms with Crippen molar-refractivity contribution in [3.8, 4) is 11.1 Å². The molecule has 0 amide bonds. The van der Waals surface area contributed by atoms with E-state index in [0.717, 1.165) is 12.8 Å². The maximum Gasteiger partial charge on any atom is 0.252 e. The molecule has 0 fully saturated rings. The Morgan fingerprint density at radius 3 is 1.38 bits per heavy atom. The second-order valence-corrected chi connectivity index (χ2v) is 28.6. The zero-order chi connectivity index (χ0) is 55.0. The highest BCUT2D eigenvalue weighted by molar-refractivity contribution is 7.00. The molecule has 11 rings (SSSR count). The van der Waals surface area contributed by atoms with Crippen LogP contribution in [0.25, 0.3) is 11.1 Å². The van der Waals surface area contributed by atoms with Crippen molar-refractivity contribution in [1.82, 2.24) is 0 Å². The van der Waals surface area contributed by atoms with Gasteiger partial charge in [-0.25, -0.2) is 0 Å². The lowest BCUT2D eigenvalue weighted by molar-refractivity contribution is 0.332. The van der Waals surface area contributed by atoms with E-state index in [-0.39, 0.29) is 44.6 Å². The van der Waals surface area contributed by atoms with Gasteiger partial charge in [-0.1, -0.05) is 239 Å². The minimum absolute atomic E-state index is 0.00367. The average Bonchev–Trinajstić information content (AvgIpc) is 3.59. The number of hydrogen-bond acceptors (Lipinski definition) is 2. The lowest BCUT2D eigenvalue weighted by atomic mass is 9.33. The third-order valence-electron chi connectivity index (χ3n) is 18.6. The molecule has 0 saturated heterocycles. The van der Waals surface area contributed by atoms with Crippen LogP contribution in [0.3, 0.4) is 0 Å². The zero-order valence-corrected chi connectivity index (χ0v) is 49.6. The molecule has 8 aromatic carbocycles. The smallest absolute Gasteiger partial charge is 0.252 e. The van der Waals surface area contributed by atoms with E-state index in [2.05, 4.69) is 297 Å². The van der Waals surface area contributed by atoms with Crippen LogP contribution in [0, 0.1) is 0 Å². The summed E-state index contributed by atoms with van der Waals surface area (Å²) in [5.41, 5.74) is 25.5. The molecule has 0 N–H and O–H groups in total. The Morgan fingerprint density at radius 2 is 0.818 bits per heavy atom. The second kappa shape index (κ2) is 18.0. The molecular weight excluding hydrogens is 928 g/mol. The van der Waals surface area contributed by atoms with Gasteiger partial charge in [-0.15, -0.1) is 0 Å². The summed E-state index contributed by atoms with van der Waals surface area (Å²) in [5, 5.41) is 0. The SMILES string of the molecule is CC(C)(C)c1ccc(-c2cc(C(C)(C)C)ccc2N2c3cc4c(cc3B3c5ccc(C(C)(C)c6ccccc6)cc5N(c5cccc(C(C)(C)c6ccccc6)c5)c5cc(C(C)(C)C)cc2c53)C(C)(C)CCC4(C)C)cc1. The van der Waals surface area contributed by atoms with E-state index in [4.69, 9.17) is 0 Å². The van der Waals surface area contributed by atoms with Crippen molar-refractivity contribution in [2.24, 2.45) is 0 Å². The predicted octanol–water partition coefficient (Wildman–Crippen LogP) is 18.3. The Labute approximate surface area is 464 Å². The van der Waals surface area contributed by atoms with Crippen LogP contribution >= 0.6 is 0 Å². The van der Waals surface area contributed by atoms with Gasteiger partial charge in [-0.3, -0.25) is 0 Å². The lowest BCUT2D eigenvalue weighted by Gasteiger charge is -2.48. The van der Waals surface area contributed by atoms with E-state index >= 15 is 0 Å². The molecule has 0 saturated carbocycles.